The Hall–Kier alpha value is -1.34. The first-order chi connectivity index (χ1) is 23.0. The number of likely N-dealkylation sites (tertiary alicyclic amines) is 1. The first kappa shape index (κ1) is 52.0. The average Bonchev–Trinajstić information content (AvgIpc) is 3.09. The molecule has 290 valence electrons. The van der Waals surface area contributed by atoms with Gasteiger partial charge in [-0.25, -0.2) is 0 Å². The van der Waals surface area contributed by atoms with E-state index in [2.05, 4.69) is 60.1 Å². The number of quaternary nitrogens is 2. The Morgan fingerprint density at radius 2 is 0.959 bits per heavy atom. The fourth-order valence-corrected chi connectivity index (χ4v) is 6.06. The molecule has 0 aromatic heterocycles. The summed E-state index contributed by atoms with van der Waals surface area (Å²) >= 11 is 0. The summed E-state index contributed by atoms with van der Waals surface area (Å²) in [5, 5.41) is 8.03. The Kier molecular flexibility index (Phi) is 45.5. The number of carbonyl (C=O) groups excluding carboxylic acids is 2. The summed E-state index contributed by atoms with van der Waals surface area (Å²) in [4.78, 5) is 22.8. The normalized spacial score (nSPS) is 13.7. The van der Waals surface area contributed by atoms with Gasteiger partial charge in [-0.3, -0.25) is 9.59 Å². The van der Waals surface area contributed by atoms with Crippen molar-refractivity contribution in [2.75, 3.05) is 39.3 Å². The van der Waals surface area contributed by atoms with Crippen LogP contribution in [-0.2, 0) is 16.1 Å². The molecule has 2 aliphatic heterocycles. The number of rotatable bonds is 20. The van der Waals surface area contributed by atoms with Crippen molar-refractivity contribution in [2.45, 2.75) is 175 Å². The zero-order valence-corrected chi connectivity index (χ0v) is 34.1. The van der Waals surface area contributed by atoms with E-state index in [-0.39, 0.29) is 36.6 Å². The number of halogens is 2. The van der Waals surface area contributed by atoms with Crippen molar-refractivity contribution in [1.82, 2.24) is 10.6 Å². The number of carbonyl (C=O) groups is 2. The van der Waals surface area contributed by atoms with Gasteiger partial charge in [-0.2, -0.15) is 0 Å². The van der Waals surface area contributed by atoms with Crippen LogP contribution < -0.4 is 45.7 Å². The first-order valence-electron chi connectivity index (χ1n) is 20.2. The second-order valence-electron chi connectivity index (χ2n) is 13.8. The Balaban J connectivity index is -0.000000585. The van der Waals surface area contributed by atoms with Crippen LogP contribution >= 0.6 is 0 Å². The molecule has 0 aliphatic carbocycles. The van der Waals surface area contributed by atoms with Gasteiger partial charge in [-0.15, -0.1) is 0 Å². The summed E-state index contributed by atoms with van der Waals surface area (Å²) in [7, 11) is 0. The molecule has 0 bridgehead atoms. The van der Waals surface area contributed by atoms with Crippen molar-refractivity contribution in [3.63, 3.8) is 0 Å². The quantitative estimate of drug-likeness (QED) is 0.154. The second kappa shape index (κ2) is 42.8. The van der Waals surface area contributed by atoms with Gasteiger partial charge in [0.15, 0.2) is 0 Å². The largest absolute Gasteiger partial charge is 1.00 e. The molecule has 49 heavy (non-hydrogen) atoms. The molecule has 0 spiro atoms. The predicted octanol–water partition coefficient (Wildman–Crippen LogP) is 1.52. The monoisotopic (exact) mass is 731 g/mol. The summed E-state index contributed by atoms with van der Waals surface area (Å²) < 4.78 is 0. The maximum Gasteiger partial charge on any atom is 0.216 e. The van der Waals surface area contributed by atoms with Crippen LogP contribution in [0.4, 0.5) is 0 Å². The van der Waals surface area contributed by atoms with Crippen LogP contribution in [0.15, 0.2) is 30.3 Å². The molecule has 1 aromatic carbocycles. The SMILES string of the molecule is C1CC[NH2+]CC1.CCCCCCCCCCNC(C)=O.CCCCCCCCCCNC(C)=O.[Cl-].[Cl-].c1ccc(C[NH+]2CCCCC2)cc1. The van der Waals surface area contributed by atoms with Gasteiger partial charge in [0.05, 0.1) is 26.2 Å². The number of nitrogens with one attached hydrogen (secondary N) is 3. The highest BCUT2D eigenvalue weighted by Gasteiger charge is 2.13. The van der Waals surface area contributed by atoms with Crippen molar-refractivity contribution < 1.29 is 44.6 Å². The zero-order valence-electron chi connectivity index (χ0n) is 32.5. The van der Waals surface area contributed by atoms with Crippen molar-refractivity contribution in [3.05, 3.63) is 35.9 Å². The maximum absolute atomic E-state index is 10.5. The molecule has 1 aromatic rings. The van der Waals surface area contributed by atoms with Crippen LogP contribution in [0, 0.1) is 0 Å². The summed E-state index contributed by atoms with van der Waals surface area (Å²) in [6.45, 7) is 16.1. The molecule has 0 saturated carbocycles. The van der Waals surface area contributed by atoms with Gasteiger partial charge in [0, 0.05) is 32.5 Å². The molecule has 0 atom stereocenters. The van der Waals surface area contributed by atoms with Crippen LogP contribution in [0.1, 0.15) is 175 Å². The van der Waals surface area contributed by atoms with Gasteiger partial charge in [0.1, 0.15) is 6.54 Å². The topological polar surface area (TPSA) is 79.2 Å². The van der Waals surface area contributed by atoms with E-state index in [4.69, 9.17) is 0 Å². The number of unbranched alkanes of at least 4 members (excludes halogenated alkanes) is 14. The molecular weight excluding hydrogens is 651 g/mol. The van der Waals surface area contributed by atoms with Crippen LogP contribution in [0.3, 0.4) is 0 Å². The van der Waals surface area contributed by atoms with E-state index < -0.39 is 0 Å². The molecular formula is C41H80Cl2N4O2. The van der Waals surface area contributed by atoms with Crippen LogP contribution in [0.2, 0.25) is 0 Å². The third-order valence-corrected chi connectivity index (χ3v) is 8.98. The molecule has 6 nitrogen and oxygen atoms in total. The Labute approximate surface area is 316 Å². The van der Waals surface area contributed by atoms with E-state index in [9.17, 15) is 9.59 Å². The molecule has 0 radical (unpaired) electrons. The Bertz CT molecular complexity index is 747. The summed E-state index contributed by atoms with van der Waals surface area (Å²) in [5.74, 6) is 0.181. The molecule has 8 heteroatoms. The highest BCUT2D eigenvalue weighted by atomic mass is 35.5. The summed E-state index contributed by atoms with van der Waals surface area (Å²) in [6, 6.07) is 10.8. The number of hydrogen-bond donors (Lipinski definition) is 4. The standard InChI is InChI=1S/2C12H25NO.C12H17N.C5H11N.2ClH/c2*1-3-4-5-6-7-8-9-10-11-13-12(2)14;1-3-7-12(8-4-1)11-13-9-5-2-6-10-13;1-2-4-6-5-3-1;;/h2*3-11H2,1-2H3,(H,13,14);1,3-4,7-8H,2,5-6,9-11H2;6H,1-5H2;2*1H. The van der Waals surface area contributed by atoms with Crippen molar-refractivity contribution in [2.24, 2.45) is 0 Å². The number of amides is 2. The minimum Gasteiger partial charge on any atom is -1.00 e. The van der Waals surface area contributed by atoms with Gasteiger partial charge in [-0.1, -0.05) is 134 Å². The Morgan fingerprint density at radius 3 is 1.31 bits per heavy atom. The van der Waals surface area contributed by atoms with E-state index in [0.717, 1.165) is 25.9 Å². The third-order valence-electron chi connectivity index (χ3n) is 8.98. The van der Waals surface area contributed by atoms with E-state index >= 15 is 0 Å². The molecule has 2 saturated heterocycles. The van der Waals surface area contributed by atoms with Crippen LogP contribution in [0.25, 0.3) is 0 Å². The maximum atomic E-state index is 10.5. The first-order valence-corrected chi connectivity index (χ1v) is 20.2. The average molecular weight is 732 g/mol. The van der Waals surface area contributed by atoms with Gasteiger partial charge in [-0.05, 0) is 51.4 Å². The van der Waals surface area contributed by atoms with Gasteiger partial charge < -0.3 is 45.7 Å². The molecule has 3 rings (SSSR count). The highest BCUT2D eigenvalue weighted by Crippen LogP contribution is 2.08. The van der Waals surface area contributed by atoms with Gasteiger partial charge in [0.2, 0.25) is 11.8 Å². The predicted molar refractivity (Wildman–Crippen MR) is 203 cm³/mol. The van der Waals surface area contributed by atoms with E-state index in [1.54, 1.807) is 18.7 Å². The Morgan fingerprint density at radius 1 is 0.571 bits per heavy atom. The van der Waals surface area contributed by atoms with E-state index in [1.165, 1.54) is 167 Å². The van der Waals surface area contributed by atoms with Crippen molar-refractivity contribution >= 4 is 11.8 Å². The molecule has 5 N–H and O–H groups in total. The van der Waals surface area contributed by atoms with E-state index in [0.29, 0.717) is 0 Å². The summed E-state index contributed by atoms with van der Waals surface area (Å²) in [5.41, 5.74) is 1.49. The number of benzene rings is 1. The smallest absolute Gasteiger partial charge is 0.216 e. The molecule has 2 amide bonds. The fraction of sp³-hybridized carbons (Fsp3) is 0.805. The van der Waals surface area contributed by atoms with Gasteiger partial charge in [0.25, 0.3) is 0 Å². The van der Waals surface area contributed by atoms with Crippen molar-refractivity contribution in [3.8, 4) is 0 Å². The third kappa shape index (κ3) is 42.7. The lowest BCUT2D eigenvalue weighted by atomic mass is 10.1. The van der Waals surface area contributed by atoms with Crippen molar-refractivity contribution in [1.29, 1.82) is 0 Å². The molecule has 2 fully saturated rings. The lowest BCUT2D eigenvalue weighted by molar-refractivity contribution is -0.918. The van der Waals surface area contributed by atoms with E-state index in [1.807, 2.05) is 0 Å². The number of piperidine rings is 2. The second-order valence-corrected chi connectivity index (χ2v) is 13.8. The minimum atomic E-state index is 0. The number of hydrogen-bond acceptors (Lipinski definition) is 2. The fourth-order valence-electron chi connectivity index (χ4n) is 6.06. The minimum absolute atomic E-state index is 0. The molecule has 2 heterocycles. The van der Waals surface area contributed by atoms with Gasteiger partial charge >= 0.3 is 0 Å². The molecule has 0 unspecified atom stereocenters. The number of nitrogens with two attached hydrogens (primary N) is 1. The highest BCUT2D eigenvalue weighted by molar-refractivity contribution is 5.73. The summed E-state index contributed by atoms with van der Waals surface area (Å²) in [6.07, 6.45) is 29.7. The lowest BCUT2D eigenvalue weighted by Gasteiger charge is -2.23. The van der Waals surface area contributed by atoms with Crippen LogP contribution in [0.5, 0.6) is 0 Å². The molecule has 2 aliphatic rings. The lowest BCUT2D eigenvalue weighted by Crippen LogP contribution is -3.11. The van der Waals surface area contributed by atoms with Crippen LogP contribution in [-0.4, -0.2) is 51.1 Å². The zero-order chi connectivity index (χ0) is 34.5.